The number of anilines is 1. The van der Waals surface area contributed by atoms with Crippen LogP contribution in [0.1, 0.15) is 5.69 Å². The number of carboxylic acids is 1. The minimum absolute atomic E-state index is 0. The first-order valence-corrected chi connectivity index (χ1v) is 16.2. The maximum Gasteiger partial charge on any atom is 0.354 e. The van der Waals surface area contributed by atoms with Crippen molar-refractivity contribution < 1.29 is 66.0 Å². The van der Waals surface area contributed by atoms with Crippen LogP contribution >= 0.6 is 42.5 Å². The summed E-state index contributed by atoms with van der Waals surface area (Å²) < 4.78 is 36.8. The number of carbonyl (C=O) groups excluding carboxylic acids is 2. The van der Waals surface area contributed by atoms with Crippen molar-refractivity contribution in [1.29, 1.82) is 0 Å². The van der Waals surface area contributed by atoms with Crippen molar-refractivity contribution in [2.75, 3.05) is 38.1 Å². The van der Waals surface area contributed by atoms with E-state index in [0.717, 1.165) is 36.3 Å². The minimum Gasteiger partial charge on any atom is -1.00 e. The Hall–Kier alpha value is -2.02. The summed E-state index contributed by atoms with van der Waals surface area (Å²) in [5.74, 6) is -0.931. The number of carbonyl (C=O) groups is 3. The van der Waals surface area contributed by atoms with Crippen molar-refractivity contribution in [3.63, 3.8) is 0 Å². The Morgan fingerprint density at radius 3 is 2.61 bits per heavy atom. The molecular weight excluding hydrogens is 731 g/mol. The Kier molecular flexibility index (Phi) is 11.8. The molecule has 12 nitrogen and oxygen atoms in total. The number of β-lactam (4-membered cyclic amide) rings is 1. The number of fused-ring (bicyclic) bond motifs is 1. The summed E-state index contributed by atoms with van der Waals surface area (Å²) in [6.45, 7) is -0.229. The number of carboxylic acid groups (broad SMARTS) is 1. The molecule has 2 aromatic heterocycles. The number of hydrogen-bond donors (Lipinski definition) is 3. The predicted octanol–water partition coefficient (Wildman–Crippen LogP) is -0.656. The third-order valence-corrected chi connectivity index (χ3v) is 10.7. The number of aryl methyl sites for hydroxylation is 1. The number of nitrogens with one attached hydrogen (secondary N) is 1. The van der Waals surface area contributed by atoms with Crippen LogP contribution in [0.5, 0.6) is 0 Å². The number of thioether (sulfide) groups is 2. The van der Waals surface area contributed by atoms with Gasteiger partial charge in [0.05, 0.1) is 11.3 Å². The lowest BCUT2D eigenvalue weighted by Crippen LogP contribution is -3.00. The number of pyridine rings is 1. The van der Waals surface area contributed by atoms with Crippen LogP contribution in [-0.4, -0.2) is 76.6 Å². The molecule has 222 valence electrons. The van der Waals surface area contributed by atoms with Gasteiger partial charge in [-0.3, -0.25) is 19.1 Å². The third kappa shape index (κ3) is 7.50. The van der Waals surface area contributed by atoms with Gasteiger partial charge in [-0.25, -0.2) is 18.7 Å². The molecule has 0 saturated carbocycles. The van der Waals surface area contributed by atoms with Crippen molar-refractivity contribution >= 4 is 70.9 Å². The zero-order chi connectivity index (χ0) is 29.0. The quantitative estimate of drug-likeness (QED) is 0.0630. The van der Waals surface area contributed by atoms with Gasteiger partial charge in [-0.05, 0) is 5.57 Å². The van der Waals surface area contributed by atoms with Crippen LogP contribution in [0.3, 0.4) is 0 Å². The lowest BCUT2D eigenvalue weighted by atomic mass is 10.0. The van der Waals surface area contributed by atoms with Crippen LogP contribution in [0.2, 0.25) is 0 Å². The van der Waals surface area contributed by atoms with Crippen LogP contribution in [-0.2, 0) is 34.5 Å². The fourth-order valence-electron chi connectivity index (χ4n) is 3.96. The number of hydrogen-bond acceptors (Lipinski definition) is 11. The standard InChI is InChI=1S/C23H25FN5O7PS3.HI/c1-35-37(34,36-2)9-15(16-12-40-23(25)26-16)19(30)27-17-20(31)29-18(22(32)33)13(11-39-21(17)29)10-38-14-3-6-28(7-4-14)8-5-24;/h3-4,6-7,9,12,17,21H,5,8,10-11H2,1-2H3,(H3-,25,26,27,30,32,33);1H/b15-9-;/t17-,21-;/m1./s1. The van der Waals surface area contributed by atoms with Gasteiger partial charge in [0.15, 0.2) is 24.1 Å². The predicted molar refractivity (Wildman–Crippen MR) is 149 cm³/mol. The molecule has 1 fully saturated rings. The van der Waals surface area contributed by atoms with Gasteiger partial charge in [-0.2, -0.15) is 0 Å². The largest absolute Gasteiger partial charge is 1.00 e. The van der Waals surface area contributed by atoms with Gasteiger partial charge in [0.25, 0.3) is 11.8 Å². The SMILES string of the molecule is COP(=O)(/C=C(\C(=O)N[C@@H]1C(=O)N2C(C(=O)O)=C(CSc3cc[n+](CCF)cc3)CS[C@H]12)c1csc(N)n1)OC.[I-]. The molecule has 0 aliphatic carbocycles. The highest BCUT2D eigenvalue weighted by molar-refractivity contribution is 8.01. The van der Waals surface area contributed by atoms with Crippen molar-refractivity contribution in [3.05, 3.63) is 52.7 Å². The Labute approximate surface area is 264 Å². The Balaban J connectivity index is 0.00000462. The number of aromatic nitrogens is 2. The molecule has 41 heavy (non-hydrogen) atoms. The van der Waals surface area contributed by atoms with E-state index in [4.69, 9.17) is 14.8 Å². The van der Waals surface area contributed by atoms with Gasteiger partial charge in [-0.15, -0.1) is 34.9 Å². The normalized spacial score (nSPS) is 18.9. The van der Waals surface area contributed by atoms with Crippen LogP contribution in [0.4, 0.5) is 9.52 Å². The molecule has 2 aliphatic heterocycles. The second-order valence-corrected chi connectivity index (χ2v) is 13.5. The van der Waals surface area contributed by atoms with E-state index < -0.39 is 43.5 Å². The van der Waals surface area contributed by atoms with Crippen LogP contribution < -0.4 is 39.6 Å². The zero-order valence-corrected chi connectivity index (χ0v) is 27.2. The van der Waals surface area contributed by atoms with Gasteiger partial charge in [-0.1, -0.05) is 0 Å². The number of rotatable bonds is 12. The number of nitrogen functional groups attached to an aromatic ring is 1. The maximum atomic E-state index is 13.3. The highest BCUT2D eigenvalue weighted by Crippen LogP contribution is 2.50. The molecule has 0 radical (unpaired) electrons. The van der Waals surface area contributed by atoms with Crippen LogP contribution in [0.15, 0.2) is 51.9 Å². The van der Waals surface area contributed by atoms with E-state index in [9.17, 15) is 28.4 Å². The number of nitrogens with two attached hydrogens (primary N) is 1. The number of amides is 2. The molecule has 4 heterocycles. The van der Waals surface area contributed by atoms with Crippen molar-refractivity contribution in [2.45, 2.75) is 22.9 Å². The summed E-state index contributed by atoms with van der Waals surface area (Å²) in [5.41, 5.74) is 6.13. The molecule has 4 N–H and O–H groups in total. The van der Waals surface area contributed by atoms with Gasteiger partial charge in [0.2, 0.25) is 0 Å². The fourth-order valence-corrected chi connectivity index (χ4v) is 7.82. The Morgan fingerprint density at radius 2 is 2.05 bits per heavy atom. The third-order valence-electron chi connectivity index (χ3n) is 5.99. The molecule has 2 aliphatic rings. The van der Waals surface area contributed by atoms with Gasteiger partial charge < -0.3 is 49.2 Å². The Bertz CT molecular complexity index is 1420. The molecule has 0 unspecified atom stereocenters. The second-order valence-electron chi connectivity index (χ2n) is 8.39. The first kappa shape index (κ1) is 33.5. The highest BCUT2D eigenvalue weighted by atomic mass is 127. The molecule has 2 atom stereocenters. The van der Waals surface area contributed by atoms with E-state index in [1.807, 2.05) is 12.1 Å². The molecule has 2 aromatic rings. The summed E-state index contributed by atoms with van der Waals surface area (Å²) in [7, 11) is -1.48. The lowest BCUT2D eigenvalue weighted by Gasteiger charge is -2.49. The fraction of sp³-hybridized carbons (Fsp3) is 0.348. The number of thiazole rings is 1. The molecule has 2 amide bonds. The molecule has 4 rings (SSSR count). The van der Waals surface area contributed by atoms with Crippen molar-refractivity contribution in [1.82, 2.24) is 15.2 Å². The number of nitrogens with zero attached hydrogens (tertiary/aromatic N) is 3. The number of alkyl halides is 1. The summed E-state index contributed by atoms with van der Waals surface area (Å²) in [6.07, 6.45) is 3.49. The van der Waals surface area contributed by atoms with Gasteiger partial charge in [0.1, 0.15) is 23.8 Å². The molecule has 0 bridgehead atoms. The van der Waals surface area contributed by atoms with E-state index in [1.165, 1.54) is 33.8 Å². The van der Waals surface area contributed by atoms with Crippen LogP contribution in [0.25, 0.3) is 5.57 Å². The van der Waals surface area contributed by atoms with E-state index >= 15 is 0 Å². The summed E-state index contributed by atoms with van der Waals surface area (Å²) in [4.78, 5) is 44.7. The van der Waals surface area contributed by atoms with Crippen molar-refractivity contribution in [3.8, 4) is 0 Å². The molecule has 1 saturated heterocycles. The molecular formula is C23H26FIN5O7PS3. The highest BCUT2D eigenvalue weighted by Gasteiger charge is 2.54. The first-order chi connectivity index (χ1) is 19.1. The number of halogens is 2. The maximum absolute atomic E-state index is 13.3. The van der Waals surface area contributed by atoms with Gasteiger partial charge >= 0.3 is 13.6 Å². The average molecular weight is 758 g/mol. The van der Waals surface area contributed by atoms with E-state index in [1.54, 1.807) is 17.0 Å². The monoisotopic (exact) mass is 757 g/mol. The van der Waals surface area contributed by atoms with Crippen LogP contribution in [0, 0.1) is 0 Å². The van der Waals surface area contributed by atoms with E-state index in [0.29, 0.717) is 17.1 Å². The van der Waals surface area contributed by atoms with E-state index in [2.05, 4.69) is 10.3 Å². The van der Waals surface area contributed by atoms with Gasteiger partial charge in [0, 0.05) is 54.0 Å². The zero-order valence-electron chi connectivity index (χ0n) is 21.7. The summed E-state index contributed by atoms with van der Waals surface area (Å²) in [5, 5.41) is 13.6. The molecule has 0 spiro atoms. The minimum atomic E-state index is -3.80. The number of aliphatic carboxylic acids is 1. The van der Waals surface area contributed by atoms with Crippen molar-refractivity contribution in [2.24, 2.45) is 0 Å². The first-order valence-electron chi connectivity index (χ1n) is 11.6. The topological polar surface area (TPSA) is 165 Å². The molecule has 18 heteroatoms. The summed E-state index contributed by atoms with van der Waals surface area (Å²) >= 11 is 3.80. The smallest absolute Gasteiger partial charge is 0.354 e. The molecule has 0 aromatic carbocycles. The Morgan fingerprint density at radius 1 is 1.37 bits per heavy atom. The lowest BCUT2D eigenvalue weighted by molar-refractivity contribution is -0.697. The second kappa shape index (κ2) is 14.4. The average Bonchev–Trinajstić information content (AvgIpc) is 3.39. The van der Waals surface area contributed by atoms with E-state index in [-0.39, 0.29) is 52.6 Å². The summed E-state index contributed by atoms with van der Waals surface area (Å²) in [6, 6.07) is 2.60.